The van der Waals surface area contributed by atoms with E-state index in [9.17, 15) is 9.90 Å². The predicted octanol–water partition coefficient (Wildman–Crippen LogP) is 7.52. The molecule has 0 unspecified atom stereocenters. The highest BCUT2D eigenvalue weighted by Gasteiger charge is 2.36. The molecular formula is C33H42N2O3. The smallest absolute Gasteiger partial charge is 0.337 e. The Hall–Kier alpha value is -3.18. The van der Waals surface area contributed by atoms with Gasteiger partial charge in [-0.3, -0.25) is 4.98 Å². The molecule has 38 heavy (non-hydrogen) atoms. The van der Waals surface area contributed by atoms with Crippen LogP contribution in [0.15, 0.2) is 54.6 Å². The number of pyridine rings is 1. The number of hydrogen-bond donors (Lipinski definition) is 1. The first kappa shape index (κ1) is 27.8. The van der Waals surface area contributed by atoms with Gasteiger partial charge in [-0.2, -0.15) is 0 Å². The van der Waals surface area contributed by atoms with Gasteiger partial charge >= 0.3 is 5.97 Å². The lowest BCUT2D eigenvalue weighted by Crippen LogP contribution is -2.39. The number of hydrogen-bond acceptors (Lipinski definition) is 4. The van der Waals surface area contributed by atoms with E-state index in [1.54, 1.807) is 0 Å². The second kappa shape index (κ2) is 10.9. The number of carbonyl (C=O) groups is 1. The van der Waals surface area contributed by atoms with Gasteiger partial charge in [0.15, 0.2) is 6.10 Å². The molecule has 1 aliphatic heterocycles. The van der Waals surface area contributed by atoms with Gasteiger partial charge < -0.3 is 14.7 Å². The summed E-state index contributed by atoms with van der Waals surface area (Å²) in [6.07, 6.45) is 1.84. The van der Waals surface area contributed by atoms with Crippen molar-refractivity contribution in [3.63, 3.8) is 0 Å². The van der Waals surface area contributed by atoms with Crippen molar-refractivity contribution in [1.82, 2.24) is 4.98 Å². The topological polar surface area (TPSA) is 62.7 Å². The summed E-state index contributed by atoms with van der Waals surface area (Å²) in [6.45, 7) is 16.0. The molecule has 5 heteroatoms. The predicted molar refractivity (Wildman–Crippen MR) is 155 cm³/mol. The third-order valence-electron chi connectivity index (χ3n) is 7.46. The van der Waals surface area contributed by atoms with E-state index in [2.05, 4.69) is 67.3 Å². The second-order valence-electron chi connectivity index (χ2n) is 12.4. The molecule has 1 atom stereocenters. The van der Waals surface area contributed by atoms with Crippen LogP contribution in [-0.4, -0.2) is 34.8 Å². The zero-order chi connectivity index (χ0) is 27.7. The van der Waals surface area contributed by atoms with Crippen molar-refractivity contribution in [2.75, 3.05) is 18.0 Å². The van der Waals surface area contributed by atoms with Crippen LogP contribution in [0.5, 0.6) is 0 Å². The minimum atomic E-state index is -1.11. The fourth-order valence-electron chi connectivity index (χ4n) is 5.38. The number of nitrogens with zero attached hydrogens (tertiary/aromatic N) is 2. The average molecular weight is 515 g/mol. The number of rotatable bonds is 7. The van der Waals surface area contributed by atoms with E-state index >= 15 is 0 Å². The number of aryl methyl sites for hydroxylation is 2. The summed E-state index contributed by atoms with van der Waals surface area (Å²) in [5, 5.41) is 10.4. The molecule has 0 aliphatic carbocycles. The fraction of sp³-hybridized carbons (Fsp3) is 0.455. The van der Waals surface area contributed by atoms with Gasteiger partial charge in [-0.05, 0) is 76.0 Å². The Morgan fingerprint density at radius 3 is 2.11 bits per heavy atom. The molecule has 0 saturated carbocycles. The van der Waals surface area contributed by atoms with Gasteiger partial charge in [-0.25, -0.2) is 4.79 Å². The number of carboxylic acid groups (broad SMARTS) is 1. The van der Waals surface area contributed by atoms with Gasteiger partial charge in [0.05, 0.1) is 11.3 Å². The minimum absolute atomic E-state index is 0.265. The fourth-order valence-corrected chi connectivity index (χ4v) is 5.38. The van der Waals surface area contributed by atoms with Crippen molar-refractivity contribution >= 4 is 11.7 Å². The Bertz CT molecular complexity index is 1260. The van der Waals surface area contributed by atoms with Gasteiger partial charge in [0.25, 0.3) is 0 Å². The number of ether oxygens (including phenoxy) is 1. The van der Waals surface area contributed by atoms with Crippen LogP contribution in [0.3, 0.4) is 0 Å². The maximum absolute atomic E-state index is 12.6. The zero-order valence-electron chi connectivity index (χ0n) is 24.0. The number of benzene rings is 2. The SMILES string of the molecule is Cc1nc(C)c([C@H](OC(C)(C)C)C(=O)O)c(N2CCC(C)(C)CC2)c1-c1ccc(Cc2ccccc2)cc1. The number of aliphatic carboxylic acids is 1. The lowest BCUT2D eigenvalue weighted by molar-refractivity contribution is -0.160. The van der Waals surface area contributed by atoms with Gasteiger partial charge in [-0.1, -0.05) is 68.4 Å². The van der Waals surface area contributed by atoms with E-state index in [0.717, 1.165) is 54.9 Å². The maximum Gasteiger partial charge on any atom is 0.337 e. The van der Waals surface area contributed by atoms with Crippen molar-refractivity contribution < 1.29 is 14.6 Å². The van der Waals surface area contributed by atoms with Crippen molar-refractivity contribution in [2.24, 2.45) is 5.41 Å². The van der Waals surface area contributed by atoms with Crippen molar-refractivity contribution in [1.29, 1.82) is 0 Å². The number of aromatic nitrogens is 1. The Morgan fingerprint density at radius 1 is 0.974 bits per heavy atom. The molecule has 0 bridgehead atoms. The van der Waals surface area contributed by atoms with Gasteiger partial charge in [0, 0.05) is 35.6 Å². The molecule has 4 rings (SSSR count). The summed E-state index contributed by atoms with van der Waals surface area (Å²) in [7, 11) is 0. The van der Waals surface area contributed by atoms with Crippen molar-refractivity contribution in [3.8, 4) is 11.1 Å². The van der Waals surface area contributed by atoms with Crippen LogP contribution in [0.1, 0.15) is 81.6 Å². The quantitative estimate of drug-likeness (QED) is 0.353. The third kappa shape index (κ3) is 6.44. The van der Waals surface area contributed by atoms with E-state index in [1.807, 2.05) is 40.7 Å². The van der Waals surface area contributed by atoms with Crippen LogP contribution in [0.4, 0.5) is 5.69 Å². The summed E-state index contributed by atoms with van der Waals surface area (Å²) < 4.78 is 6.19. The van der Waals surface area contributed by atoms with Crippen molar-refractivity contribution in [2.45, 2.75) is 79.4 Å². The van der Waals surface area contributed by atoms with Gasteiger partial charge in [-0.15, -0.1) is 0 Å². The average Bonchev–Trinajstić information content (AvgIpc) is 2.83. The van der Waals surface area contributed by atoms with Crippen LogP contribution < -0.4 is 4.90 Å². The number of carboxylic acids is 1. The first-order valence-corrected chi connectivity index (χ1v) is 13.6. The molecule has 0 amide bonds. The van der Waals surface area contributed by atoms with E-state index in [1.165, 1.54) is 11.1 Å². The van der Waals surface area contributed by atoms with E-state index in [0.29, 0.717) is 11.3 Å². The summed E-state index contributed by atoms with van der Waals surface area (Å²) in [6, 6.07) is 19.1. The highest BCUT2D eigenvalue weighted by Crippen LogP contribution is 2.44. The number of piperidine rings is 1. The summed E-state index contributed by atoms with van der Waals surface area (Å²) in [5.74, 6) is -0.989. The van der Waals surface area contributed by atoms with E-state index < -0.39 is 17.7 Å². The summed E-state index contributed by atoms with van der Waals surface area (Å²) in [4.78, 5) is 19.9. The van der Waals surface area contributed by atoms with Crippen LogP contribution in [0.2, 0.25) is 0 Å². The standard InChI is InChI=1S/C33H42N2O3/c1-22-27(26-15-13-25(14-16-26)21-24-11-9-8-10-12-24)29(35-19-17-33(6,7)18-20-35)28(23(2)34-22)30(31(36)37)38-32(3,4)5/h8-16,30H,17-21H2,1-7H3,(H,36,37)/t30-/m0/s1. The summed E-state index contributed by atoms with van der Waals surface area (Å²) in [5.41, 5.74) is 7.44. The Morgan fingerprint density at radius 2 is 1.55 bits per heavy atom. The number of anilines is 1. The Balaban J connectivity index is 1.85. The molecule has 1 N–H and O–H groups in total. The molecule has 1 aromatic heterocycles. The second-order valence-corrected chi connectivity index (χ2v) is 12.4. The summed E-state index contributed by atoms with van der Waals surface area (Å²) >= 11 is 0. The Labute approximate surface area is 227 Å². The highest BCUT2D eigenvalue weighted by molar-refractivity contribution is 5.88. The minimum Gasteiger partial charge on any atom is -0.479 e. The zero-order valence-corrected chi connectivity index (χ0v) is 24.0. The molecule has 0 radical (unpaired) electrons. The Kier molecular flexibility index (Phi) is 7.98. The van der Waals surface area contributed by atoms with Gasteiger partial charge in [0.2, 0.25) is 0 Å². The van der Waals surface area contributed by atoms with Gasteiger partial charge in [0.1, 0.15) is 0 Å². The molecule has 3 aromatic rings. The normalized spacial score (nSPS) is 16.3. The van der Waals surface area contributed by atoms with Crippen LogP contribution in [0.25, 0.3) is 11.1 Å². The van der Waals surface area contributed by atoms with Crippen molar-refractivity contribution in [3.05, 3.63) is 82.7 Å². The highest BCUT2D eigenvalue weighted by atomic mass is 16.5. The molecule has 2 heterocycles. The molecular weight excluding hydrogens is 472 g/mol. The lowest BCUT2D eigenvalue weighted by Gasteiger charge is -2.41. The molecule has 1 aliphatic rings. The third-order valence-corrected chi connectivity index (χ3v) is 7.46. The molecule has 202 valence electrons. The monoisotopic (exact) mass is 514 g/mol. The molecule has 1 saturated heterocycles. The van der Waals surface area contributed by atoms with Crippen LogP contribution in [-0.2, 0) is 16.0 Å². The molecule has 2 aromatic carbocycles. The molecule has 0 spiro atoms. The largest absolute Gasteiger partial charge is 0.479 e. The van der Waals surface area contributed by atoms with Crippen LogP contribution in [0, 0.1) is 19.3 Å². The van der Waals surface area contributed by atoms with E-state index in [4.69, 9.17) is 9.72 Å². The van der Waals surface area contributed by atoms with E-state index in [-0.39, 0.29) is 5.41 Å². The molecule has 5 nitrogen and oxygen atoms in total. The molecule has 1 fully saturated rings. The maximum atomic E-state index is 12.6. The first-order chi connectivity index (χ1) is 17.8. The van der Waals surface area contributed by atoms with Crippen LogP contribution >= 0.6 is 0 Å². The lowest BCUT2D eigenvalue weighted by atomic mass is 9.81. The first-order valence-electron chi connectivity index (χ1n) is 13.6.